The molecule has 0 radical (unpaired) electrons. The van der Waals surface area contributed by atoms with Crippen LogP contribution in [0.5, 0.6) is 0 Å². The molecule has 18 heavy (non-hydrogen) atoms. The molecule has 1 aliphatic rings. The highest BCUT2D eigenvalue weighted by Gasteiger charge is 2.19. The fourth-order valence-electron chi connectivity index (χ4n) is 2.38. The van der Waals surface area contributed by atoms with Gasteiger partial charge < -0.3 is 10.2 Å². The van der Waals surface area contributed by atoms with E-state index in [-0.39, 0.29) is 5.54 Å². The third-order valence-electron chi connectivity index (χ3n) is 3.32. The van der Waals surface area contributed by atoms with Crippen LogP contribution in [0.25, 0.3) is 0 Å². The lowest BCUT2D eigenvalue weighted by molar-refractivity contribution is 0.430. The first kappa shape index (κ1) is 13.3. The molecule has 2 rings (SSSR count). The van der Waals surface area contributed by atoms with Gasteiger partial charge in [-0.05, 0) is 40.0 Å². The molecule has 1 aromatic rings. The van der Waals surface area contributed by atoms with Crippen LogP contribution in [0, 0.1) is 0 Å². The van der Waals surface area contributed by atoms with Gasteiger partial charge in [0.15, 0.2) is 0 Å². The molecule has 4 heteroatoms. The minimum absolute atomic E-state index is 0.175. The molecule has 100 valence electrons. The van der Waals surface area contributed by atoms with Gasteiger partial charge >= 0.3 is 0 Å². The van der Waals surface area contributed by atoms with E-state index >= 15 is 0 Å². The molecule has 4 nitrogen and oxygen atoms in total. The van der Waals surface area contributed by atoms with Crippen molar-refractivity contribution >= 4 is 5.82 Å². The zero-order valence-electron chi connectivity index (χ0n) is 12.0. The lowest BCUT2D eigenvalue weighted by Gasteiger charge is -2.25. The summed E-state index contributed by atoms with van der Waals surface area (Å²) in [5, 5.41) is 3.51. The molecule has 0 saturated heterocycles. The zero-order chi connectivity index (χ0) is 13.2. The van der Waals surface area contributed by atoms with Crippen molar-refractivity contribution in [1.29, 1.82) is 0 Å². The van der Waals surface area contributed by atoms with Crippen LogP contribution < -0.4 is 10.2 Å². The maximum atomic E-state index is 4.45. The predicted molar refractivity (Wildman–Crippen MR) is 75.1 cm³/mol. The molecule has 0 atom stereocenters. The molecule has 0 amide bonds. The highest BCUT2D eigenvalue weighted by molar-refractivity contribution is 5.49. The van der Waals surface area contributed by atoms with Crippen molar-refractivity contribution in [2.45, 2.75) is 45.6 Å². The summed E-state index contributed by atoms with van der Waals surface area (Å²) in [6.07, 6.45) is 5.16. The number of fused-ring (bicyclic) bond motifs is 1. The van der Waals surface area contributed by atoms with Gasteiger partial charge in [0.1, 0.15) is 12.1 Å². The van der Waals surface area contributed by atoms with Crippen molar-refractivity contribution in [2.75, 3.05) is 25.0 Å². The van der Waals surface area contributed by atoms with Crippen LogP contribution in [0.4, 0.5) is 5.82 Å². The van der Waals surface area contributed by atoms with E-state index in [0.717, 1.165) is 31.7 Å². The first-order valence-electron chi connectivity index (χ1n) is 6.76. The number of nitrogens with one attached hydrogen (secondary N) is 1. The average Bonchev–Trinajstić information content (AvgIpc) is 2.74. The largest absolute Gasteiger partial charge is 0.358 e. The monoisotopic (exact) mass is 248 g/mol. The van der Waals surface area contributed by atoms with Crippen molar-refractivity contribution in [3.63, 3.8) is 0 Å². The summed E-state index contributed by atoms with van der Waals surface area (Å²) in [6, 6.07) is 0. The Bertz CT molecular complexity index is 409. The predicted octanol–water partition coefficient (Wildman–Crippen LogP) is 1.79. The molecule has 1 N–H and O–H groups in total. The van der Waals surface area contributed by atoms with E-state index in [1.807, 2.05) is 0 Å². The van der Waals surface area contributed by atoms with E-state index in [4.69, 9.17) is 0 Å². The number of nitrogens with zero attached hydrogens (tertiary/aromatic N) is 3. The van der Waals surface area contributed by atoms with Gasteiger partial charge in [0.2, 0.25) is 0 Å². The lowest BCUT2D eigenvalue weighted by atomic mass is 10.1. The minimum atomic E-state index is 0.175. The van der Waals surface area contributed by atoms with Crippen LogP contribution in [0.2, 0.25) is 0 Å². The summed E-state index contributed by atoms with van der Waals surface area (Å²) in [5.74, 6) is 1.12. The molecular formula is C14H24N4. The fraction of sp³-hybridized carbons (Fsp3) is 0.714. The molecule has 1 heterocycles. The number of anilines is 1. The van der Waals surface area contributed by atoms with Crippen LogP contribution in [-0.2, 0) is 12.8 Å². The quantitative estimate of drug-likeness (QED) is 0.882. The molecule has 0 unspecified atom stereocenters. The van der Waals surface area contributed by atoms with E-state index in [2.05, 4.69) is 48.0 Å². The Morgan fingerprint density at radius 1 is 1.28 bits per heavy atom. The van der Waals surface area contributed by atoms with E-state index < -0.39 is 0 Å². The zero-order valence-corrected chi connectivity index (χ0v) is 12.0. The topological polar surface area (TPSA) is 41.0 Å². The Kier molecular flexibility index (Phi) is 3.85. The van der Waals surface area contributed by atoms with Gasteiger partial charge in [-0.15, -0.1) is 0 Å². The fourth-order valence-corrected chi connectivity index (χ4v) is 2.38. The Morgan fingerprint density at radius 3 is 2.78 bits per heavy atom. The molecule has 0 aliphatic heterocycles. The summed E-state index contributed by atoms with van der Waals surface area (Å²) in [6.45, 7) is 8.51. The van der Waals surface area contributed by atoms with Gasteiger partial charge in [-0.1, -0.05) is 0 Å². The van der Waals surface area contributed by atoms with E-state index in [1.54, 1.807) is 6.33 Å². The molecule has 0 bridgehead atoms. The number of hydrogen-bond acceptors (Lipinski definition) is 4. The first-order valence-corrected chi connectivity index (χ1v) is 6.76. The highest BCUT2D eigenvalue weighted by atomic mass is 15.2. The van der Waals surface area contributed by atoms with Crippen molar-refractivity contribution in [3.05, 3.63) is 17.6 Å². The van der Waals surface area contributed by atoms with Crippen molar-refractivity contribution in [3.8, 4) is 0 Å². The van der Waals surface area contributed by atoms with Crippen LogP contribution >= 0.6 is 0 Å². The van der Waals surface area contributed by atoms with Gasteiger partial charge in [-0.25, -0.2) is 9.97 Å². The number of likely N-dealkylation sites (N-methyl/N-ethyl adjacent to an activating group) is 1. The number of aromatic nitrogens is 2. The third-order valence-corrected chi connectivity index (χ3v) is 3.32. The van der Waals surface area contributed by atoms with Crippen molar-refractivity contribution in [1.82, 2.24) is 15.3 Å². The van der Waals surface area contributed by atoms with E-state index in [1.165, 1.54) is 17.7 Å². The molecule has 0 fully saturated rings. The number of hydrogen-bond donors (Lipinski definition) is 1. The Labute approximate surface area is 110 Å². The maximum Gasteiger partial charge on any atom is 0.135 e. The van der Waals surface area contributed by atoms with Crippen LogP contribution in [-0.4, -0.2) is 35.6 Å². The van der Waals surface area contributed by atoms with Crippen molar-refractivity contribution < 1.29 is 0 Å². The summed E-state index contributed by atoms with van der Waals surface area (Å²) in [7, 11) is 2.12. The van der Waals surface area contributed by atoms with Crippen LogP contribution in [0.3, 0.4) is 0 Å². The summed E-state index contributed by atoms with van der Waals surface area (Å²) in [5.41, 5.74) is 2.78. The van der Waals surface area contributed by atoms with Crippen LogP contribution in [0.1, 0.15) is 38.4 Å². The standard InChI is InChI=1S/C14H24N4/c1-14(2,3)17-8-9-18(4)13-11-6-5-7-12(11)15-10-16-13/h10,17H,5-9H2,1-4H3. The molecule has 1 aliphatic carbocycles. The summed E-state index contributed by atoms with van der Waals surface area (Å²) >= 11 is 0. The molecule has 0 aromatic carbocycles. The highest BCUT2D eigenvalue weighted by Crippen LogP contribution is 2.26. The lowest BCUT2D eigenvalue weighted by Crippen LogP contribution is -2.40. The van der Waals surface area contributed by atoms with E-state index in [9.17, 15) is 0 Å². The average molecular weight is 248 g/mol. The molecular weight excluding hydrogens is 224 g/mol. The second-order valence-electron chi connectivity index (χ2n) is 6.07. The van der Waals surface area contributed by atoms with Gasteiger partial charge in [0.05, 0.1) is 0 Å². The first-order chi connectivity index (χ1) is 8.47. The molecule has 1 aromatic heterocycles. The van der Waals surface area contributed by atoms with E-state index in [0.29, 0.717) is 0 Å². The Morgan fingerprint density at radius 2 is 2.06 bits per heavy atom. The number of rotatable bonds is 4. The van der Waals surface area contributed by atoms with Gasteiger partial charge in [0.25, 0.3) is 0 Å². The van der Waals surface area contributed by atoms with Gasteiger partial charge in [-0.2, -0.15) is 0 Å². The Hall–Kier alpha value is -1.16. The summed E-state index contributed by atoms with van der Waals surface area (Å²) < 4.78 is 0. The van der Waals surface area contributed by atoms with Crippen molar-refractivity contribution in [2.24, 2.45) is 0 Å². The van der Waals surface area contributed by atoms with Crippen LogP contribution in [0.15, 0.2) is 6.33 Å². The normalized spacial score (nSPS) is 14.7. The molecule has 0 saturated carbocycles. The van der Waals surface area contributed by atoms with Gasteiger partial charge in [0, 0.05) is 36.9 Å². The second kappa shape index (κ2) is 5.22. The maximum absolute atomic E-state index is 4.45. The SMILES string of the molecule is CN(CCNC(C)(C)C)c1ncnc2c1CCC2. The third kappa shape index (κ3) is 3.19. The summed E-state index contributed by atoms with van der Waals surface area (Å²) in [4.78, 5) is 11.1. The van der Waals surface area contributed by atoms with Gasteiger partial charge in [-0.3, -0.25) is 0 Å². The minimum Gasteiger partial charge on any atom is -0.358 e. The molecule has 0 spiro atoms. The Balaban J connectivity index is 1.97. The smallest absolute Gasteiger partial charge is 0.135 e. The second-order valence-corrected chi connectivity index (χ2v) is 6.07. The number of aryl methyl sites for hydroxylation is 1.